The molecule has 1 aliphatic rings. The average molecular weight is 404 g/mol. The summed E-state index contributed by atoms with van der Waals surface area (Å²) in [4.78, 5) is 19.2. The third-order valence-electron chi connectivity index (χ3n) is 5.92. The van der Waals surface area contributed by atoms with Crippen molar-refractivity contribution in [2.75, 3.05) is 37.9 Å². The topological polar surface area (TPSA) is 102 Å². The number of benzene rings is 1. The maximum Gasteiger partial charge on any atom is 0.227 e. The van der Waals surface area contributed by atoms with Gasteiger partial charge in [0, 0.05) is 42.3 Å². The van der Waals surface area contributed by atoms with Gasteiger partial charge < -0.3 is 25.1 Å². The number of nitrogens with one attached hydrogen (secondary N) is 1. The lowest BCUT2D eigenvalue weighted by Crippen LogP contribution is -2.34. The highest BCUT2D eigenvalue weighted by Crippen LogP contribution is 2.36. The highest BCUT2D eigenvalue weighted by atomic mass is 16.5. The van der Waals surface area contributed by atoms with Crippen LogP contribution in [0.1, 0.15) is 24.3 Å². The van der Waals surface area contributed by atoms with Crippen LogP contribution in [0.3, 0.4) is 0 Å². The van der Waals surface area contributed by atoms with Crippen molar-refractivity contribution in [3.8, 4) is 11.5 Å². The highest BCUT2D eigenvalue weighted by molar-refractivity contribution is 5.91. The highest BCUT2D eigenvalue weighted by Gasteiger charge is 2.25. The van der Waals surface area contributed by atoms with Crippen LogP contribution in [0.5, 0.6) is 11.5 Å². The summed E-state index contributed by atoms with van der Waals surface area (Å²) in [6.07, 6.45) is 5.96. The third-order valence-corrected chi connectivity index (χ3v) is 5.92. The molecule has 0 saturated carbocycles. The molecule has 30 heavy (non-hydrogen) atoms. The number of aromatic amines is 1. The van der Waals surface area contributed by atoms with Crippen LogP contribution >= 0.6 is 0 Å². The van der Waals surface area contributed by atoms with Crippen LogP contribution < -0.4 is 20.1 Å². The van der Waals surface area contributed by atoms with Gasteiger partial charge in [-0.05, 0) is 42.5 Å². The number of hydrogen-bond donors (Lipinski definition) is 2. The molecule has 1 fully saturated rings. The Morgan fingerprint density at radius 1 is 1.07 bits per heavy atom. The third kappa shape index (κ3) is 3.04. The molecule has 3 aromatic heterocycles. The second kappa shape index (κ2) is 7.37. The number of nitrogens with two attached hydrogens (primary N) is 1. The van der Waals surface area contributed by atoms with E-state index in [0.29, 0.717) is 29.2 Å². The fourth-order valence-corrected chi connectivity index (χ4v) is 4.31. The minimum atomic E-state index is 0.445. The summed E-state index contributed by atoms with van der Waals surface area (Å²) in [6, 6.07) is 7.80. The minimum absolute atomic E-state index is 0.445. The van der Waals surface area contributed by atoms with Gasteiger partial charge in [-0.2, -0.15) is 4.98 Å². The second-order valence-electron chi connectivity index (χ2n) is 7.54. The maximum atomic E-state index is 6.26. The standard InChI is InChI=1S/C22H24N6O2/c1-29-18-10-15-17(11-19(18)30-2)26-22(27-20(15)23)28-8-5-13(6-9-28)16-12-25-21-14(16)4-3-7-24-21/h3-4,7,10-13H,5-6,8-9H2,1-2H3,(H,24,25)(H2,23,26,27). The first-order chi connectivity index (χ1) is 14.7. The SMILES string of the molecule is COc1cc2nc(N3CCC(c4c[nH]c5ncccc45)CC3)nc(N)c2cc1OC. The van der Waals surface area contributed by atoms with Gasteiger partial charge in [-0.15, -0.1) is 0 Å². The van der Waals surface area contributed by atoms with Crippen LogP contribution in [-0.2, 0) is 0 Å². The smallest absolute Gasteiger partial charge is 0.227 e. The van der Waals surface area contributed by atoms with Crippen molar-refractivity contribution in [3.05, 3.63) is 42.2 Å². The fraction of sp³-hybridized carbons (Fsp3) is 0.318. The maximum absolute atomic E-state index is 6.26. The monoisotopic (exact) mass is 404 g/mol. The number of nitrogen functional groups attached to an aromatic ring is 1. The lowest BCUT2D eigenvalue weighted by molar-refractivity contribution is 0.356. The summed E-state index contributed by atoms with van der Waals surface area (Å²) in [5.41, 5.74) is 9.30. The van der Waals surface area contributed by atoms with E-state index in [1.807, 2.05) is 24.4 Å². The fourth-order valence-electron chi connectivity index (χ4n) is 4.31. The second-order valence-corrected chi connectivity index (χ2v) is 7.54. The lowest BCUT2D eigenvalue weighted by Gasteiger charge is -2.32. The van der Waals surface area contributed by atoms with Crippen molar-refractivity contribution in [2.45, 2.75) is 18.8 Å². The molecule has 0 atom stereocenters. The van der Waals surface area contributed by atoms with Gasteiger partial charge in [0.15, 0.2) is 11.5 Å². The molecule has 0 spiro atoms. The molecule has 0 amide bonds. The lowest BCUT2D eigenvalue weighted by atomic mass is 9.89. The zero-order valence-corrected chi connectivity index (χ0v) is 17.1. The first-order valence-corrected chi connectivity index (χ1v) is 10.0. The van der Waals surface area contributed by atoms with Crippen LogP contribution in [0.4, 0.5) is 11.8 Å². The number of hydrogen-bond acceptors (Lipinski definition) is 7. The number of anilines is 2. The van der Waals surface area contributed by atoms with Gasteiger partial charge in [-0.25, -0.2) is 9.97 Å². The van der Waals surface area contributed by atoms with Crippen LogP contribution in [0.15, 0.2) is 36.7 Å². The Labute approximate surface area is 174 Å². The summed E-state index contributed by atoms with van der Waals surface area (Å²) >= 11 is 0. The minimum Gasteiger partial charge on any atom is -0.493 e. The van der Waals surface area contributed by atoms with E-state index >= 15 is 0 Å². The molecule has 0 bridgehead atoms. The number of pyridine rings is 1. The molecule has 8 nitrogen and oxygen atoms in total. The Bertz CT molecular complexity index is 1210. The molecular weight excluding hydrogens is 380 g/mol. The molecule has 8 heteroatoms. The van der Waals surface area contributed by atoms with Crippen LogP contribution in [0, 0.1) is 0 Å². The summed E-state index contributed by atoms with van der Waals surface area (Å²) in [6.45, 7) is 1.74. The molecule has 1 aromatic carbocycles. The Morgan fingerprint density at radius 3 is 2.60 bits per heavy atom. The predicted octanol–water partition coefficient (Wildman–Crippen LogP) is 3.49. The Hall–Kier alpha value is -3.55. The molecule has 5 rings (SSSR count). The van der Waals surface area contributed by atoms with Crippen molar-refractivity contribution >= 4 is 33.7 Å². The summed E-state index contributed by atoms with van der Waals surface area (Å²) in [5, 5.41) is 1.97. The van der Waals surface area contributed by atoms with Gasteiger partial charge in [-0.3, -0.25) is 0 Å². The first kappa shape index (κ1) is 18.5. The molecule has 1 aliphatic heterocycles. The van der Waals surface area contributed by atoms with Crippen LogP contribution in [-0.4, -0.2) is 47.2 Å². The van der Waals surface area contributed by atoms with E-state index in [9.17, 15) is 0 Å². The van der Waals surface area contributed by atoms with Gasteiger partial charge >= 0.3 is 0 Å². The molecule has 0 radical (unpaired) electrons. The number of ether oxygens (including phenoxy) is 2. The number of H-pyrrole nitrogens is 1. The van der Waals surface area contributed by atoms with Gasteiger partial charge in [0.2, 0.25) is 5.95 Å². The Balaban J connectivity index is 1.40. The van der Waals surface area contributed by atoms with E-state index in [1.54, 1.807) is 14.2 Å². The van der Waals surface area contributed by atoms with E-state index in [1.165, 1.54) is 10.9 Å². The Morgan fingerprint density at radius 2 is 1.83 bits per heavy atom. The zero-order chi connectivity index (χ0) is 20.7. The van der Waals surface area contributed by atoms with Gasteiger partial charge in [0.1, 0.15) is 11.5 Å². The molecule has 1 saturated heterocycles. The van der Waals surface area contributed by atoms with Crippen molar-refractivity contribution in [2.24, 2.45) is 0 Å². The van der Waals surface area contributed by atoms with Crippen LogP contribution in [0.2, 0.25) is 0 Å². The van der Waals surface area contributed by atoms with Gasteiger partial charge in [0.05, 0.1) is 19.7 Å². The number of piperidine rings is 1. The van der Waals surface area contributed by atoms with Crippen molar-refractivity contribution in [1.29, 1.82) is 0 Å². The van der Waals surface area contributed by atoms with Crippen LogP contribution in [0.25, 0.3) is 21.9 Å². The van der Waals surface area contributed by atoms with E-state index < -0.39 is 0 Å². The summed E-state index contributed by atoms with van der Waals surface area (Å²) in [5.74, 6) is 2.83. The normalized spacial score (nSPS) is 15.1. The zero-order valence-electron chi connectivity index (χ0n) is 17.1. The van der Waals surface area contributed by atoms with E-state index in [2.05, 4.69) is 32.1 Å². The number of fused-ring (bicyclic) bond motifs is 2. The molecule has 4 aromatic rings. The Kier molecular flexibility index (Phi) is 4.54. The molecule has 0 unspecified atom stereocenters. The summed E-state index contributed by atoms with van der Waals surface area (Å²) < 4.78 is 10.8. The predicted molar refractivity (Wildman–Crippen MR) is 117 cm³/mol. The largest absolute Gasteiger partial charge is 0.493 e. The van der Waals surface area contributed by atoms with E-state index in [-0.39, 0.29) is 0 Å². The summed E-state index contributed by atoms with van der Waals surface area (Å²) in [7, 11) is 3.21. The molecule has 3 N–H and O–H groups in total. The molecular formula is C22H24N6O2. The van der Waals surface area contributed by atoms with E-state index in [4.69, 9.17) is 20.2 Å². The molecule has 4 heterocycles. The van der Waals surface area contributed by atoms with Crippen molar-refractivity contribution in [3.63, 3.8) is 0 Å². The number of aromatic nitrogens is 4. The van der Waals surface area contributed by atoms with Gasteiger partial charge in [-0.1, -0.05) is 0 Å². The van der Waals surface area contributed by atoms with E-state index in [0.717, 1.165) is 42.5 Å². The number of nitrogens with zero attached hydrogens (tertiary/aromatic N) is 4. The molecule has 154 valence electrons. The van der Waals surface area contributed by atoms with Gasteiger partial charge in [0.25, 0.3) is 0 Å². The molecule has 0 aliphatic carbocycles. The van der Waals surface area contributed by atoms with Crippen molar-refractivity contribution in [1.82, 2.24) is 19.9 Å². The van der Waals surface area contributed by atoms with Crippen molar-refractivity contribution < 1.29 is 9.47 Å². The number of methoxy groups -OCH3 is 2. The number of rotatable bonds is 4. The quantitative estimate of drug-likeness (QED) is 0.537. The first-order valence-electron chi connectivity index (χ1n) is 10.0. The average Bonchev–Trinajstić information content (AvgIpc) is 3.22.